The Morgan fingerprint density at radius 3 is 2.32 bits per heavy atom. The summed E-state index contributed by atoms with van der Waals surface area (Å²) in [4.78, 5) is 4.50. The van der Waals surface area contributed by atoms with Crippen LogP contribution in [-0.4, -0.2) is 34.7 Å². The van der Waals surface area contributed by atoms with Gasteiger partial charge in [0.1, 0.15) is 0 Å². The summed E-state index contributed by atoms with van der Waals surface area (Å²) in [5.74, 6) is 2.91. The van der Waals surface area contributed by atoms with E-state index >= 15 is 0 Å². The number of hydrogen-bond donors (Lipinski definition) is 0. The maximum absolute atomic E-state index is 6.21. The zero-order valence-electron chi connectivity index (χ0n) is 25.3. The quantitative estimate of drug-likeness (QED) is 0.115. The molecule has 0 saturated heterocycles. The van der Waals surface area contributed by atoms with Gasteiger partial charge in [0, 0.05) is 12.3 Å². The molecule has 0 aromatic carbocycles. The van der Waals surface area contributed by atoms with Crippen LogP contribution in [0.4, 0.5) is 0 Å². The molecule has 0 radical (unpaired) electrons. The second-order valence-corrected chi connectivity index (χ2v) is 14.8. The fourth-order valence-electron chi connectivity index (χ4n) is 4.85. The minimum atomic E-state index is -0.665. The molecule has 0 fully saturated rings. The number of nitrogens with zero attached hydrogens (tertiary/aromatic N) is 3. The van der Waals surface area contributed by atoms with Gasteiger partial charge in [-0.05, 0) is 60.4 Å². The topological polar surface area (TPSA) is 57.1 Å². The van der Waals surface area contributed by atoms with Crippen molar-refractivity contribution in [3.05, 3.63) is 30.5 Å². The van der Waals surface area contributed by atoms with Crippen LogP contribution in [0.2, 0.25) is 12.1 Å². The van der Waals surface area contributed by atoms with E-state index in [1.54, 1.807) is 6.20 Å². The Labute approximate surface area is 238 Å². The molecule has 38 heavy (non-hydrogen) atoms. The van der Waals surface area contributed by atoms with Crippen molar-refractivity contribution in [3.63, 3.8) is 0 Å². The van der Waals surface area contributed by atoms with Crippen LogP contribution in [0.1, 0.15) is 112 Å². The van der Waals surface area contributed by atoms with Gasteiger partial charge in [-0.1, -0.05) is 99.3 Å². The van der Waals surface area contributed by atoms with Crippen molar-refractivity contribution < 1.29 is 8.85 Å². The van der Waals surface area contributed by atoms with Crippen LogP contribution in [0.25, 0.3) is 11.3 Å². The van der Waals surface area contributed by atoms with Crippen LogP contribution in [0.5, 0.6) is 11.8 Å². The predicted octanol–water partition coefficient (Wildman–Crippen LogP) is 7.93. The Hall–Kier alpha value is -1.74. The minimum Gasteiger partial charge on any atom is -0.536 e. The van der Waals surface area contributed by atoms with Gasteiger partial charge in [0.15, 0.2) is 0 Å². The van der Waals surface area contributed by atoms with Crippen molar-refractivity contribution in [2.24, 2.45) is 17.3 Å². The normalized spacial score (nSPS) is 13.9. The summed E-state index contributed by atoms with van der Waals surface area (Å²) < 4.78 is 12.2. The van der Waals surface area contributed by atoms with E-state index in [4.69, 9.17) is 8.85 Å². The number of pyridine rings is 1. The molecule has 0 aliphatic carbocycles. The van der Waals surface area contributed by atoms with E-state index < -0.39 is 19.5 Å². The highest BCUT2D eigenvalue weighted by Crippen LogP contribution is 2.30. The van der Waals surface area contributed by atoms with Crippen molar-refractivity contribution in [1.29, 1.82) is 0 Å². The third-order valence-electron chi connectivity index (χ3n) is 7.69. The Morgan fingerprint density at radius 2 is 1.58 bits per heavy atom. The minimum absolute atomic E-state index is 0.467. The smallest absolute Gasteiger partial charge is 0.221 e. The lowest BCUT2D eigenvalue weighted by molar-refractivity contribution is 0.288. The Bertz CT molecular complexity index is 880. The SMILES string of the molecule is CCCCC(C)CCC(C)C[SiH2]Oc1ccc(-c2cccnc2O[SiH2]CCCCC(C)(C)CCCC)nn1. The Kier molecular flexibility index (Phi) is 15.8. The van der Waals surface area contributed by atoms with E-state index in [0.717, 1.165) is 23.1 Å². The maximum Gasteiger partial charge on any atom is 0.221 e. The molecule has 7 heteroatoms. The molecule has 2 atom stereocenters. The van der Waals surface area contributed by atoms with Crippen molar-refractivity contribution >= 4 is 19.5 Å². The summed E-state index contributed by atoms with van der Waals surface area (Å²) in [6.45, 7) is 14.1. The molecule has 0 bridgehead atoms. The van der Waals surface area contributed by atoms with E-state index in [1.165, 1.54) is 82.7 Å². The lowest BCUT2D eigenvalue weighted by atomic mass is 9.82. The molecule has 0 aliphatic heterocycles. The summed E-state index contributed by atoms with van der Waals surface area (Å²) in [6, 6.07) is 10.3. The van der Waals surface area contributed by atoms with Gasteiger partial charge in [-0.3, -0.25) is 0 Å². The molecule has 5 nitrogen and oxygen atoms in total. The van der Waals surface area contributed by atoms with Crippen LogP contribution in [0, 0.1) is 17.3 Å². The molecule has 2 aromatic rings. The number of rotatable bonds is 21. The summed E-state index contributed by atoms with van der Waals surface area (Å²) >= 11 is 0. The lowest BCUT2D eigenvalue weighted by Crippen LogP contribution is -2.11. The summed E-state index contributed by atoms with van der Waals surface area (Å²) in [5, 5.41) is 8.80. The molecule has 0 spiro atoms. The van der Waals surface area contributed by atoms with E-state index in [2.05, 4.69) is 56.7 Å². The van der Waals surface area contributed by atoms with Crippen molar-refractivity contribution in [3.8, 4) is 23.0 Å². The molecule has 0 aliphatic rings. The van der Waals surface area contributed by atoms with Crippen LogP contribution in [0.3, 0.4) is 0 Å². The number of unbranched alkanes of at least 4 members (excludes halogenated alkanes) is 3. The second-order valence-electron chi connectivity index (χ2n) is 12.1. The van der Waals surface area contributed by atoms with E-state index in [-0.39, 0.29) is 0 Å². The summed E-state index contributed by atoms with van der Waals surface area (Å²) in [7, 11) is -1.31. The van der Waals surface area contributed by atoms with E-state index in [0.29, 0.717) is 17.2 Å². The second kappa shape index (κ2) is 18.5. The number of aromatic nitrogens is 3. The van der Waals surface area contributed by atoms with Gasteiger partial charge in [-0.2, -0.15) is 0 Å². The highest BCUT2D eigenvalue weighted by molar-refractivity contribution is 6.28. The summed E-state index contributed by atoms with van der Waals surface area (Å²) in [5.41, 5.74) is 2.18. The first-order valence-corrected chi connectivity index (χ1v) is 18.5. The van der Waals surface area contributed by atoms with Gasteiger partial charge in [0.2, 0.25) is 31.3 Å². The molecule has 214 valence electrons. The van der Waals surface area contributed by atoms with E-state index in [9.17, 15) is 0 Å². The van der Waals surface area contributed by atoms with Gasteiger partial charge in [0.25, 0.3) is 0 Å². The fraction of sp³-hybridized carbons (Fsp3) is 0.710. The van der Waals surface area contributed by atoms with Crippen molar-refractivity contribution in [2.75, 3.05) is 0 Å². The fourth-order valence-corrected chi connectivity index (χ4v) is 7.15. The predicted molar refractivity (Wildman–Crippen MR) is 167 cm³/mol. The molecular weight excluding hydrogens is 503 g/mol. The van der Waals surface area contributed by atoms with Crippen LogP contribution in [-0.2, 0) is 0 Å². The molecule has 0 amide bonds. The monoisotopic (exact) mass is 557 g/mol. The Balaban J connectivity index is 1.73. The summed E-state index contributed by atoms with van der Waals surface area (Å²) in [6.07, 6.45) is 16.2. The van der Waals surface area contributed by atoms with E-state index in [1.807, 2.05) is 24.3 Å². The van der Waals surface area contributed by atoms with Crippen LogP contribution < -0.4 is 8.85 Å². The maximum atomic E-state index is 6.21. The van der Waals surface area contributed by atoms with Crippen LogP contribution >= 0.6 is 0 Å². The largest absolute Gasteiger partial charge is 0.536 e. The molecule has 2 rings (SSSR count). The number of hydrogen-bond acceptors (Lipinski definition) is 5. The van der Waals surface area contributed by atoms with Crippen molar-refractivity contribution in [1.82, 2.24) is 15.2 Å². The molecule has 0 saturated carbocycles. The first-order valence-electron chi connectivity index (χ1n) is 15.4. The molecule has 0 N–H and O–H groups in total. The van der Waals surface area contributed by atoms with Crippen LogP contribution in [0.15, 0.2) is 30.5 Å². The average molecular weight is 558 g/mol. The Morgan fingerprint density at radius 1 is 0.816 bits per heavy atom. The van der Waals surface area contributed by atoms with Gasteiger partial charge < -0.3 is 8.85 Å². The molecule has 2 heterocycles. The van der Waals surface area contributed by atoms with Gasteiger partial charge in [0.05, 0.1) is 11.3 Å². The first kappa shape index (κ1) is 32.5. The standard InChI is InChI=1S/C31H55N3O2Si2/c1-7-9-14-25(3)16-17-26(4)24-38-35-29-19-18-28(33-34-29)27-15-13-22-32-30(27)36-37-23-12-11-21-31(5,6)20-10-8-2/h13,15,18-19,22,25-26H,7-12,14,16-17,20-21,23-24,37-38H2,1-6H3. The average Bonchev–Trinajstić information content (AvgIpc) is 2.92. The zero-order valence-corrected chi connectivity index (χ0v) is 28.1. The molecule has 2 unspecified atom stereocenters. The first-order chi connectivity index (χ1) is 18.3. The van der Waals surface area contributed by atoms with Crippen molar-refractivity contribution in [2.45, 2.75) is 124 Å². The third-order valence-corrected chi connectivity index (χ3v) is 10.7. The third kappa shape index (κ3) is 13.4. The molecular formula is C31H55N3O2Si2. The van der Waals surface area contributed by atoms with Gasteiger partial charge >= 0.3 is 0 Å². The highest BCUT2D eigenvalue weighted by atomic mass is 28.2. The zero-order chi connectivity index (χ0) is 27.6. The van der Waals surface area contributed by atoms with Gasteiger partial charge in [-0.25, -0.2) is 4.98 Å². The van der Waals surface area contributed by atoms with Gasteiger partial charge in [-0.15, -0.1) is 10.2 Å². The highest BCUT2D eigenvalue weighted by Gasteiger charge is 2.16. The lowest BCUT2D eigenvalue weighted by Gasteiger charge is -2.24. The molecule has 2 aromatic heterocycles.